The van der Waals surface area contributed by atoms with Crippen LogP contribution in [0.3, 0.4) is 0 Å². The third kappa shape index (κ3) is 3.56. The van der Waals surface area contributed by atoms with E-state index in [-0.39, 0.29) is 6.23 Å². The van der Waals surface area contributed by atoms with Crippen molar-refractivity contribution in [1.29, 1.82) is 0 Å². The second-order valence-electron chi connectivity index (χ2n) is 3.95. The van der Waals surface area contributed by atoms with Crippen molar-refractivity contribution in [2.24, 2.45) is 5.73 Å². The average Bonchev–Trinajstić information content (AvgIpc) is 2.28. The van der Waals surface area contributed by atoms with E-state index in [2.05, 4.69) is 26.0 Å². The van der Waals surface area contributed by atoms with Gasteiger partial charge in [0.25, 0.3) is 0 Å². The lowest BCUT2D eigenvalue weighted by Gasteiger charge is -2.15. The molecule has 2 nitrogen and oxygen atoms in total. The topological polar surface area (TPSA) is 35.2 Å². The van der Waals surface area contributed by atoms with Crippen molar-refractivity contribution in [2.45, 2.75) is 45.8 Å². The van der Waals surface area contributed by atoms with E-state index in [4.69, 9.17) is 10.5 Å². The molecule has 1 aromatic rings. The summed E-state index contributed by atoms with van der Waals surface area (Å²) in [4.78, 5) is 0. The Morgan fingerprint density at radius 1 is 1.27 bits per heavy atom. The molecule has 0 aromatic heterocycles. The van der Waals surface area contributed by atoms with Gasteiger partial charge in [-0.25, -0.2) is 0 Å². The number of benzene rings is 1. The summed E-state index contributed by atoms with van der Waals surface area (Å²) in [6.45, 7) is 6.43. The third-order valence-electron chi connectivity index (χ3n) is 2.73. The van der Waals surface area contributed by atoms with E-state index in [1.807, 2.05) is 19.1 Å². The van der Waals surface area contributed by atoms with Crippen LogP contribution in [0, 0.1) is 0 Å². The summed E-state index contributed by atoms with van der Waals surface area (Å²) >= 11 is 0. The van der Waals surface area contributed by atoms with Crippen LogP contribution in [0.25, 0.3) is 0 Å². The third-order valence-corrected chi connectivity index (χ3v) is 2.73. The van der Waals surface area contributed by atoms with Crippen LogP contribution in [0.5, 0.6) is 5.75 Å². The summed E-state index contributed by atoms with van der Waals surface area (Å²) < 4.78 is 5.58. The molecule has 0 bridgehead atoms. The molecule has 2 unspecified atom stereocenters. The quantitative estimate of drug-likeness (QED) is 0.752. The van der Waals surface area contributed by atoms with E-state index in [0.29, 0.717) is 5.92 Å². The Morgan fingerprint density at radius 2 is 2.00 bits per heavy atom. The number of hydrogen-bond acceptors (Lipinski definition) is 2. The summed E-state index contributed by atoms with van der Waals surface area (Å²) in [5.74, 6) is 1.45. The highest BCUT2D eigenvalue weighted by Gasteiger charge is 2.05. The summed E-state index contributed by atoms with van der Waals surface area (Å²) in [6, 6.07) is 8.21. The van der Waals surface area contributed by atoms with Gasteiger partial charge in [0, 0.05) is 0 Å². The van der Waals surface area contributed by atoms with Crippen molar-refractivity contribution < 1.29 is 4.74 Å². The van der Waals surface area contributed by atoms with E-state index in [0.717, 1.165) is 18.6 Å². The lowest BCUT2D eigenvalue weighted by molar-refractivity contribution is 0.205. The van der Waals surface area contributed by atoms with Crippen LogP contribution in [0.1, 0.15) is 45.1 Å². The number of nitrogens with two attached hydrogens (primary N) is 1. The van der Waals surface area contributed by atoms with Gasteiger partial charge in [0.05, 0.1) is 0 Å². The molecule has 0 radical (unpaired) electrons. The molecule has 0 aliphatic heterocycles. The molecule has 0 aliphatic rings. The van der Waals surface area contributed by atoms with Crippen molar-refractivity contribution in [1.82, 2.24) is 0 Å². The highest BCUT2D eigenvalue weighted by Crippen LogP contribution is 2.23. The van der Waals surface area contributed by atoms with Crippen LogP contribution in [-0.2, 0) is 0 Å². The number of ether oxygens (including phenoxy) is 1. The molecule has 84 valence electrons. The first-order chi connectivity index (χ1) is 7.17. The van der Waals surface area contributed by atoms with Crippen molar-refractivity contribution in [3.63, 3.8) is 0 Å². The molecule has 0 amide bonds. The highest BCUT2D eigenvalue weighted by atomic mass is 16.5. The van der Waals surface area contributed by atoms with Crippen molar-refractivity contribution >= 4 is 0 Å². The van der Waals surface area contributed by atoms with Crippen LogP contribution in [0.2, 0.25) is 0 Å². The largest absolute Gasteiger partial charge is 0.476 e. The molecule has 0 saturated heterocycles. The lowest BCUT2D eigenvalue weighted by atomic mass is 9.99. The zero-order chi connectivity index (χ0) is 11.3. The van der Waals surface area contributed by atoms with Gasteiger partial charge in [-0.05, 0) is 36.5 Å². The first kappa shape index (κ1) is 12.1. The Balaban J connectivity index is 2.74. The van der Waals surface area contributed by atoms with Gasteiger partial charge in [-0.2, -0.15) is 0 Å². The first-order valence-electron chi connectivity index (χ1n) is 5.69. The summed E-state index contributed by atoms with van der Waals surface area (Å²) in [6.07, 6.45) is 1.77. The maximum atomic E-state index is 5.74. The van der Waals surface area contributed by atoms with Gasteiger partial charge in [0.1, 0.15) is 12.0 Å². The zero-order valence-electron chi connectivity index (χ0n) is 9.86. The lowest BCUT2D eigenvalue weighted by Crippen LogP contribution is -2.25. The summed E-state index contributed by atoms with van der Waals surface area (Å²) in [7, 11) is 0. The zero-order valence-corrected chi connectivity index (χ0v) is 9.86. The van der Waals surface area contributed by atoms with Gasteiger partial charge in [-0.1, -0.05) is 32.9 Å². The molecule has 0 heterocycles. The predicted molar refractivity (Wildman–Crippen MR) is 64.0 cm³/mol. The molecule has 0 fully saturated rings. The maximum absolute atomic E-state index is 5.74. The SMILES string of the molecule is CCC(N)Oc1cccc(C(C)CC)c1. The fourth-order valence-electron chi connectivity index (χ4n) is 1.39. The first-order valence-corrected chi connectivity index (χ1v) is 5.69. The Labute approximate surface area is 92.4 Å². The van der Waals surface area contributed by atoms with E-state index in [1.165, 1.54) is 5.56 Å². The second-order valence-corrected chi connectivity index (χ2v) is 3.95. The fourth-order valence-corrected chi connectivity index (χ4v) is 1.39. The second kappa shape index (κ2) is 5.76. The average molecular weight is 207 g/mol. The molecular formula is C13H21NO. The van der Waals surface area contributed by atoms with E-state index >= 15 is 0 Å². The van der Waals surface area contributed by atoms with Gasteiger partial charge in [0.2, 0.25) is 0 Å². The summed E-state index contributed by atoms with van der Waals surface area (Å²) in [5, 5.41) is 0. The molecule has 0 aliphatic carbocycles. The minimum absolute atomic E-state index is 0.197. The van der Waals surface area contributed by atoms with Crippen molar-refractivity contribution in [3.05, 3.63) is 29.8 Å². The van der Waals surface area contributed by atoms with Crippen molar-refractivity contribution in [3.8, 4) is 5.75 Å². The molecule has 2 atom stereocenters. The standard InChI is InChI=1S/C13H21NO/c1-4-10(3)11-7-6-8-12(9-11)15-13(14)5-2/h6-10,13H,4-5,14H2,1-3H3. The minimum Gasteiger partial charge on any atom is -0.476 e. The van der Waals surface area contributed by atoms with E-state index in [1.54, 1.807) is 0 Å². The molecule has 1 aromatic carbocycles. The fraction of sp³-hybridized carbons (Fsp3) is 0.538. The van der Waals surface area contributed by atoms with Gasteiger partial charge in [-0.3, -0.25) is 5.73 Å². The van der Waals surface area contributed by atoms with Gasteiger partial charge in [-0.15, -0.1) is 0 Å². The van der Waals surface area contributed by atoms with Crippen LogP contribution in [0.4, 0.5) is 0 Å². The molecule has 15 heavy (non-hydrogen) atoms. The van der Waals surface area contributed by atoms with Crippen molar-refractivity contribution in [2.75, 3.05) is 0 Å². The van der Waals surface area contributed by atoms with Gasteiger partial charge in [0.15, 0.2) is 0 Å². The maximum Gasteiger partial charge on any atom is 0.147 e. The van der Waals surface area contributed by atoms with Gasteiger partial charge < -0.3 is 4.74 Å². The predicted octanol–water partition coefficient (Wildman–Crippen LogP) is 3.27. The van der Waals surface area contributed by atoms with E-state index < -0.39 is 0 Å². The van der Waals surface area contributed by atoms with Crippen LogP contribution in [0.15, 0.2) is 24.3 Å². The Kier molecular flexibility index (Phi) is 4.63. The van der Waals surface area contributed by atoms with Crippen LogP contribution in [-0.4, -0.2) is 6.23 Å². The Hall–Kier alpha value is -1.02. The molecule has 0 saturated carbocycles. The van der Waals surface area contributed by atoms with E-state index in [9.17, 15) is 0 Å². The number of hydrogen-bond donors (Lipinski definition) is 1. The van der Waals surface area contributed by atoms with Crippen LogP contribution >= 0.6 is 0 Å². The molecule has 0 spiro atoms. The van der Waals surface area contributed by atoms with Crippen LogP contribution < -0.4 is 10.5 Å². The minimum atomic E-state index is -0.197. The molecular weight excluding hydrogens is 186 g/mol. The number of rotatable bonds is 5. The molecule has 2 N–H and O–H groups in total. The molecule has 1 rings (SSSR count). The summed E-state index contributed by atoms with van der Waals surface area (Å²) in [5.41, 5.74) is 7.06. The van der Waals surface area contributed by atoms with Gasteiger partial charge >= 0.3 is 0 Å². The Bertz CT molecular complexity index is 298. The Morgan fingerprint density at radius 3 is 2.60 bits per heavy atom. The highest BCUT2D eigenvalue weighted by molar-refractivity contribution is 5.30. The molecule has 2 heteroatoms. The normalized spacial score (nSPS) is 14.7. The smallest absolute Gasteiger partial charge is 0.147 e. The monoisotopic (exact) mass is 207 g/mol.